The molecule has 0 radical (unpaired) electrons. The normalized spacial score (nSPS) is 29.4. The molecular formula is C31H50O3. The fraction of sp³-hybridized carbons (Fsp3) is 0.806. The Kier molecular flexibility index (Phi) is 9.02. The molecule has 0 amide bonds. The van der Waals surface area contributed by atoms with Gasteiger partial charge in [0, 0.05) is 11.8 Å². The second kappa shape index (κ2) is 11.8. The van der Waals surface area contributed by atoms with E-state index in [9.17, 15) is 0 Å². The van der Waals surface area contributed by atoms with Crippen LogP contribution in [-0.4, -0.2) is 26.1 Å². The lowest BCUT2D eigenvalue weighted by molar-refractivity contribution is -0.298. The van der Waals surface area contributed by atoms with Gasteiger partial charge < -0.3 is 14.2 Å². The number of aryl methyl sites for hydroxylation is 1. The molecule has 0 unspecified atom stereocenters. The van der Waals surface area contributed by atoms with Crippen LogP contribution in [0.4, 0.5) is 0 Å². The first-order valence-electron chi connectivity index (χ1n) is 14.5. The van der Waals surface area contributed by atoms with Gasteiger partial charge in [0.05, 0.1) is 20.3 Å². The minimum absolute atomic E-state index is 0.133. The van der Waals surface area contributed by atoms with Crippen LogP contribution in [0.15, 0.2) is 18.2 Å². The molecule has 2 saturated carbocycles. The predicted octanol–water partition coefficient (Wildman–Crippen LogP) is 8.44. The molecule has 0 spiro atoms. The average molecular weight is 471 g/mol. The summed E-state index contributed by atoms with van der Waals surface area (Å²) in [6, 6.07) is 6.83. The van der Waals surface area contributed by atoms with Crippen molar-refractivity contribution in [1.82, 2.24) is 0 Å². The zero-order chi connectivity index (χ0) is 24.0. The van der Waals surface area contributed by atoms with E-state index in [2.05, 4.69) is 39.0 Å². The van der Waals surface area contributed by atoms with Gasteiger partial charge in [-0.3, -0.25) is 0 Å². The molecule has 0 bridgehead atoms. The molecule has 192 valence electrons. The first-order valence-corrected chi connectivity index (χ1v) is 14.5. The van der Waals surface area contributed by atoms with Crippen LogP contribution in [0.25, 0.3) is 0 Å². The Morgan fingerprint density at radius 2 is 1.56 bits per heavy atom. The van der Waals surface area contributed by atoms with Crippen LogP contribution in [0.3, 0.4) is 0 Å². The van der Waals surface area contributed by atoms with Crippen molar-refractivity contribution in [3.8, 4) is 5.75 Å². The van der Waals surface area contributed by atoms with Crippen molar-refractivity contribution in [2.24, 2.45) is 17.3 Å². The minimum Gasteiger partial charge on any atom is -0.497 e. The molecule has 3 nitrogen and oxygen atoms in total. The van der Waals surface area contributed by atoms with Crippen LogP contribution in [0, 0.1) is 17.3 Å². The van der Waals surface area contributed by atoms with Gasteiger partial charge in [-0.2, -0.15) is 0 Å². The molecule has 4 atom stereocenters. The van der Waals surface area contributed by atoms with Crippen LogP contribution in [0.2, 0.25) is 0 Å². The van der Waals surface area contributed by atoms with E-state index in [1.54, 1.807) is 12.7 Å². The number of unbranched alkanes of at least 4 members (excludes halogenated alkanes) is 6. The minimum atomic E-state index is -0.374. The zero-order valence-electron chi connectivity index (χ0n) is 22.5. The Morgan fingerprint density at radius 1 is 0.853 bits per heavy atom. The van der Waals surface area contributed by atoms with Crippen LogP contribution in [0.1, 0.15) is 121 Å². The van der Waals surface area contributed by atoms with E-state index in [-0.39, 0.29) is 11.2 Å². The van der Waals surface area contributed by atoms with Crippen molar-refractivity contribution in [2.75, 3.05) is 20.3 Å². The summed E-state index contributed by atoms with van der Waals surface area (Å²) in [4.78, 5) is 0. The molecular weight excluding hydrogens is 420 g/mol. The standard InChI is InChI=1S/C31H50O3/c1-5-7-9-11-21-33-31(34-22-12-10-8-6-2)20-18-29-28-15-13-24-23-25(32-4)14-16-26(24)27(28)17-19-30(29,31)3/h14,16,23,27-29H,5-13,15,17-22H2,1-4H3/t27-,28-,29+,30+/m1/s1. The van der Waals surface area contributed by atoms with Crippen LogP contribution in [-0.2, 0) is 15.9 Å². The lowest BCUT2D eigenvalue weighted by Gasteiger charge is -2.54. The van der Waals surface area contributed by atoms with E-state index >= 15 is 0 Å². The molecule has 1 aromatic carbocycles. The molecule has 3 aliphatic rings. The van der Waals surface area contributed by atoms with E-state index in [0.717, 1.165) is 44.1 Å². The fourth-order valence-corrected chi connectivity index (χ4v) is 7.69. The third-order valence-corrected chi connectivity index (χ3v) is 9.64. The highest BCUT2D eigenvalue weighted by atomic mass is 16.7. The average Bonchev–Trinajstić information content (AvgIpc) is 3.15. The summed E-state index contributed by atoms with van der Waals surface area (Å²) >= 11 is 0. The van der Waals surface area contributed by atoms with Crippen LogP contribution < -0.4 is 4.74 Å². The molecule has 0 heterocycles. The smallest absolute Gasteiger partial charge is 0.173 e. The van der Waals surface area contributed by atoms with Crippen molar-refractivity contribution in [1.29, 1.82) is 0 Å². The summed E-state index contributed by atoms with van der Waals surface area (Å²) in [6.45, 7) is 8.80. The monoisotopic (exact) mass is 470 g/mol. The third kappa shape index (κ3) is 5.07. The van der Waals surface area contributed by atoms with Gasteiger partial charge in [-0.1, -0.05) is 65.4 Å². The highest BCUT2D eigenvalue weighted by Crippen LogP contribution is 2.65. The zero-order valence-corrected chi connectivity index (χ0v) is 22.5. The van der Waals surface area contributed by atoms with Crippen LogP contribution in [0.5, 0.6) is 5.75 Å². The summed E-state index contributed by atoms with van der Waals surface area (Å²) in [7, 11) is 1.78. The molecule has 3 heteroatoms. The molecule has 1 aromatic rings. The van der Waals surface area contributed by atoms with E-state index in [1.807, 2.05) is 0 Å². The van der Waals surface area contributed by atoms with Crippen LogP contribution >= 0.6 is 0 Å². The Hall–Kier alpha value is -1.06. The van der Waals surface area contributed by atoms with Gasteiger partial charge in [-0.25, -0.2) is 0 Å². The van der Waals surface area contributed by atoms with E-state index in [4.69, 9.17) is 14.2 Å². The molecule has 3 aliphatic carbocycles. The summed E-state index contributed by atoms with van der Waals surface area (Å²) < 4.78 is 19.2. The maximum atomic E-state index is 6.86. The Bertz CT molecular complexity index is 760. The predicted molar refractivity (Wildman–Crippen MR) is 141 cm³/mol. The number of methoxy groups -OCH3 is 1. The Morgan fingerprint density at radius 3 is 2.21 bits per heavy atom. The van der Waals surface area contributed by atoms with E-state index in [0.29, 0.717) is 11.8 Å². The maximum absolute atomic E-state index is 6.86. The number of rotatable bonds is 13. The van der Waals surface area contributed by atoms with E-state index in [1.165, 1.54) is 76.2 Å². The fourth-order valence-electron chi connectivity index (χ4n) is 7.69. The lowest BCUT2D eigenvalue weighted by atomic mass is 9.55. The summed E-state index contributed by atoms with van der Waals surface area (Å²) in [6.07, 6.45) is 17.3. The van der Waals surface area contributed by atoms with Gasteiger partial charge in [0.25, 0.3) is 0 Å². The Balaban J connectivity index is 1.50. The molecule has 0 aliphatic heterocycles. The molecule has 4 rings (SSSR count). The van der Waals surface area contributed by atoms with Crippen molar-refractivity contribution in [2.45, 2.75) is 122 Å². The second-order valence-corrected chi connectivity index (χ2v) is 11.5. The topological polar surface area (TPSA) is 27.7 Å². The summed E-state index contributed by atoms with van der Waals surface area (Å²) in [5, 5.41) is 0. The number of hydrogen-bond donors (Lipinski definition) is 0. The maximum Gasteiger partial charge on any atom is 0.173 e. The van der Waals surface area contributed by atoms with Gasteiger partial charge in [0.15, 0.2) is 5.79 Å². The SMILES string of the molecule is CCCCCCOC1(OCCCCCC)CC[C@H]2[C@@H]3CCc4cc(OC)ccc4[C@H]3CC[C@@]21C. The number of ether oxygens (including phenoxy) is 3. The number of hydrogen-bond acceptors (Lipinski definition) is 3. The highest BCUT2D eigenvalue weighted by molar-refractivity contribution is 5.40. The third-order valence-electron chi connectivity index (χ3n) is 9.64. The lowest BCUT2D eigenvalue weighted by Crippen LogP contribution is -2.54. The van der Waals surface area contributed by atoms with Crippen molar-refractivity contribution < 1.29 is 14.2 Å². The first kappa shape index (κ1) is 26.0. The van der Waals surface area contributed by atoms with Gasteiger partial charge >= 0.3 is 0 Å². The first-order chi connectivity index (χ1) is 16.6. The Labute approximate surface area is 209 Å². The van der Waals surface area contributed by atoms with Gasteiger partial charge in [0.1, 0.15) is 5.75 Å². The van der Waals surface area contributed by atoms with Gasteiger partial charge in [-0.05, 0) is 86.0 Å². The number of benzene rings is 1. The molecule has 0 aromatic heterocycles. The van der Waals surface area contributed by atoms with Crippen molar-refractivity contribution in [3.63, 3.8) is 0 Å². The molecule has 0 N–H and O–H groups in total. The highest BCUT2D eigenvalue weighted by Gasteiger charge is 2.63. The molecule has 0 saturated heterocycles. The van der Waals surface area contributed by atoms with E-state index < -0.39 is 0 Å². The number of fused-ring (bicyclic) bond motifs is 5. The quantitative estimate of drug-likeness (QED) is 0.214. The summed E-state index contributed by atoms with van der Waals surface area (Å²) in [5.41, 5.74) is 3.25. The second-order valence-electron chi connectivity index (χ2n) is 11.5. The van der Waals surface area contributed by atoms with Gasteiger partial charge in [-0.15, -0.1) is 0 Å². The van der Waals surface area contributed by atoms with Crippen molar-refractivity contribution >= 4 is 0 Å². The summed E-state index contributed by atoms with van der Waals surface area (Å²) in [5.74, 6) is 2.78. The van der Waals surface area contributed by atoms with Gasteiger partial charge in [0.2, 0.25) is 0 Å². The van der Waals surface area contributed by atoms with Crippen molar-refractivity contribution in [3.05, 3.63) is 29.3 Å². The molecule has 34 heavy (non-hydrogen) atoms. The largest absolute Gasteiger partial charge is 0.497 e. The molecule has 2 fully saturated rings.